The lowest BCUT2D eigenvalue weighted by atomic mass is 10.1. The van der Waals surface area contributed by atoms with Gasteiger partial charge in [0.2, 0.25) is 0 Å². The van der Waals surface area contributed by atoms with E-state index in [9.17, 15) is 29.3 Å². The highest BCUT2D eigenvalue weighted by molar-refractivity contribution is 6.43. The van der Waals surface area contributed by atoms with Crippen molar-refractivity contribution in [2.45, 2.75) is 0 Å². The molecule has 0 spiro atoms. The lowest BCUT2D eigenvalue weighted by Gasteiger charge is -2.13. The van der Waals surface area contributed by atoms with E-state index < -0.39 is 47.5 Å². The molecule has 0 atom stereocenters. The Hall–Kier alpha value is -3.21. The average molecular weight is 487 g/mol. The van der Waals surface area contributed by atoms with E-state index in [2.05, 4.69) is 5.32 Å². The first-order chi connectivity index (χ1) is 14.6. The Balaban J connectivity index is 1.60. The fourth-order valence-corrected chi connectivity index (χ4v) is 3.19. The third-order valence-electron chi connectivity index (χ3n) is 4.09. The van der Waals surface area contributed by atoms with E-state index in [1.54, 1.807) is 0 Å². The van der Waals surface area contributed by atoms with Gasteiger partial charge in [0.1, 0.15) is 12.2 Å². The number of hydrogen-bond donors (Lipinski definition) is 1. The van der Waals surface area contributed by atoms with Crippen molar-refractivity contribution < 1.29 is 28.8 Å². The van der Waals surface area contributed by atoms with Gasteiger partial charge in [0.25, 0.3) is 23.4 Å². The molecule has 160 valence electrons. The summed E-state index contributed by atoms with van der Waals surface area (Å²) in [5, 5.41) is 13.5. The minimum atomic E-state index is -1.05. The monoisotopic (exact) mass is 485 g/mol. The second kappa shape index (κ2) is 8.88. The normalized spacial score (nSPS) is 12.5. The first-order valence-electron chi connectivity index (χ1n) is 8.33. The van der Waals surface area contributed by atoms with Crippen LogP contribution in [-0.2, 0) is 14.3 Å². The van der Waals surface area contributed by atoms with Crippen LogP contribution in [-0.4, -0.2) is 46.7 Å². The van der Waals surface area contributed by atoms with Crippen LogP contribution in [0.1, 0.15) is 20.7 Å². The van der Waals surface area contributed by atoms with E-state index in [1.165, 1.54) is 24.3 Å². The highest BCUT2D eigenvalue weighted by atomic mass is 35.5. The number of rotatable bonds is 6. The molecular formula is C18H10Cl3N3O7. The number of hydrogen-bond acceptors (Lipinski definition) is 7. The lowest BCUT2D eigenvalue weighted by Crippen LogP contribution is -2.36. The van der Waals surface area contributed by atoms with Crippen molar-refractivity contribution in [1.82, 2.24) is 4.90 Å². The van der Waals surface area contributed by atoms with Gasteiger partial charge in [-0.15, -0.1) is 0 Å². The molecule has 0 unspecified atom stereocenters. The maximum absolute atomic E-state index is 12.4. The van der Waals surface area contributed by atoms with Crippen LogP contribution in [0, 0.1) is 10.1 Å². The molecule has 3 rings (SSSR count). The lowest BCUT2D eigenvalue weighted by molar-refractivity contribution is -0.383. The van der Waals surface area contributed by atoms with Gasteiger partial charge in [0, 0.05) is 11.1 Å². The molecule has 2 aromatic rings. The molecule has 1 heterocycles. The van der Waals surface area contributed by atoms with Gasteiger partial charge in [0.05, 0.1) is 26.1 Å². The molecular weight excluding hydrogens is 477 g/mol. The maximum Gasteiger partial charge on any atom is 0.326 e. The van der Waals surface area contributed by atoms with Crippen molar-refractivity contribution in [3.05, 3.63) is 66.6 Å². The molecule has 2 aromatic carbocycles. The van der Waals surface area contributed by atoms with Crippen LogP contribution < -0.4 is 5.32 Å². The zero-order chi connectivity index (χ0) is 22.9. The van der Waals surface area contributed by atoms with Gasteiger partial charge in [-0.3, -0.25) is 34.2 Å². The number of ether oxygens (including phenoxy) is 1. The standard InChI is InChI=1S/C18H10Cl3N3O7/c19-8-1-2-13(14(3-8)24(29)30)22-15(25)7-31-16(26)6-23-17(27)9-4-11(20)12(21)5-10(9)18(23)28/h1-5H,6-7H2,(H,22,25). The quantitative estimate of drug-likeness (QED) is 0.286. The summed E-state index contributed by atoms with van der Waals surface area (Å²) in [6, 6.07) is 6.03. The highest BCUT2D eigenvalue weighted by Crippen LogP contribution is 2.31. The van der Waals surface area contributed by atoms with Crippen molar-refractivity contribution in [3.8, 4) is 0 Å². The Kier molecular flexibility index (Phi) is 6.44. The van der Waals surface area contributed by atoms with E-state index in [-0.39, 0.29) is 31.9 Å². The second-order valence-electron chi connectivity index (χ2n) is 6.14. The number of halogens is 3. The summed E-state index contributed by atoms with van der Waals surface area (Å²) < 4.78 is 4.76. The van der Waals surface area contributed by atoms with Crippen LogP contribution in [0.4, 0.5) is 11.4 Å². The van der Waals surface area contributed by atoms with Crippen molar-refractivity contribution in [1.29, 1.82) is 0 Å². The first kappa shape index (κ1) is 22.5. The number of nitrogens with one attached hydrogen (secondary N) is 1. The molecule has 0 fully saturated rings. The number of fused-ring (bicyclic) bond motifs is 1. The van der Waals surface area contributed by atoms with Gasteiger partial charge in [-0.1, -0.05) is 34.8 Å². The van der Waals surface area contributed by atoms with Gasteiger partial charge < -0.3 is 10.1 Å². The zero-order valence-corrected chi connectivity index (χ0v) is 17.5. The number of carbonyl (C=O) groups excluding carboxylic acids is 4. The van der Waals surface area contributed by atoms with E-state index >= 15 is 0 Å². The first-order valence-corrected chi connectivity index (χ1v) is 9.46. The number of esters is 1. The third kappa shape index (κ3) is 4.76. The van der Waals surface area contributed by atoms with E-state index in [0.29, 0.717) is 4.90 Å². The van der Waals surface area contributed by atoms with Crippen LogP contribution in [0.2, 0.25) is 15.1 Å². The SMILES string of the molecule is O=C(COC(=O)CN1C(=O)c2cc(Cl)c(Cl)cc2C1=O)Nc1ccc(Cl)cc1[N+](=O)[O-]. The van der Waals surface area contributed by atoms with Crippen LogP contribution in [0.3, 0.4) is 0 Å². The van der Waals surface area contributed by atoms with Gasteiger partial charge >= 0.3 is 5.97 Å². The van der Waals surface area contributed by atoms with Crippen molar-refractivity contribution in [2.24, 2.45) is 0 Å². The zero-order valence-electron chi connectivity index (χ0n) is 15.2. The Morgan fingerprint density at radius 1 is 1.03 bits per heavy atom. The number of imide groups is 1. The molecule has 1 aliphatic heterocycles. The predicted octanol–water partition coefficient (Wildman–Crippen LogP) is 3.33. The number of benzene rings is 2. The Labute approximate surface area is 188 Å². The molecule has 0 aliphatic carbocycles. The number of nitrogens with zero attached hydrogens (tertiary/aromatic N) is 2. The minimum absolute atomic E-state index is 0.0139. The van der Waals surface area contributed by atoms with E-state index in [1.807, 2.05) is 0 Å². The highest BCUT2D eigenvalue weighted by Gasteiger charge is 2.37. The molecule has 0 saturated heterocycles. The molecule has 0 aromatic heterocycles. The van der Waals surface area contributed by atoms with Crippen LogP contribution >= 0.6 is 34.8 Å². The summed E-state index contributed by atoms with van der Waals surface area (Å²) in [7, 11) is 0. The number of nitro groups is 1. The summed E-state index contributed by atoms with van der Waals surface area (Å²) in [4.78, 5) is 59.6. The van der Waals surface area contributed by atoms with Gasteiger partial charge in [-0.25, -0.2) is 0 Å². The third-order valence-corrected chi connectivity index (χ3v) is 5.05. The Bertz CT molecular complexity index is 1110. The molecule has 10 nitrogen and oxygen atoms in total. The average Bonchev–Trinajstić information content (AvgIpc) is 2.92. The van der Waals surface area contributed by atoms with Gasteiger partial charge in [0.15, 0.2) is 6.61 Å². The molecule has 1 N–H and O–H groups in total. The summed E-state index contributed by atoms with van der Waals surface area (Å²) in [5.41, 5.74) is -0.625. The summed E-state index contributed by atoms with van der Waals surface area (Å²) >= 11 is 17.4. The fraction of sp³-hybridized carbons (Fsp3) is 0.111. The predicted molar refractivity (Wildman–Crippen MR) is 110 cm³/mol. The van der Waals surface area contributed by atoms with Gasteiger partial charge in [-0.05, 0) is 24.3 Å². The summed E-state index contributed by atoms with van der Waals surface area (Å²) in [6.45, 7) is -1.56. The number of carbonyl (C=O) groups is 4. The van der Waals surface area contributed by atoms with Crippen LogP contribution in [0.5, 0.6) is 0 Å². The van der Waals surface area contributed by atoms with Crippen molar-refractivity contribution in [2.75, 3.05) is 18.5 Å². The molecule has 13 heteroatoms. The summed E-state index contributed by atoms with van der Waals surface area (Å²) in [6.07, 6.45) is 0. The number of nitro benzene ring substituents is 1. The summed E-state index contributed by atoms with van der Waals surface area (Å²) in [5.74, 6) is -3.46. The molecule has 0 radical (unpaired) electrons. The second-order valence-corrected chi connectivity index (χ2v) is 7.39. The van der Waals surface area contributed by atoms with Gasteiger partial charge in [-0.2, -0.15) is 0 Å². The van der Waals surface area contributed by atoms with E-state index in [4.69, 9.17) is 39.5 Å². The number of amides is 3. The Morgan fingerprint density at radius 3 is 2.16 bits per heavy atom. The van der Waals surface area contributed by atoms with Crippen molar-refractivity contribution >= 4 is 69.9 Å². The topological polar surface area (TPSA) is 136 Å². The van der Waals surface area contributed by atoms with Crippen molar-refractivity contribution in [3.63, 3.8) is 0 Å². The molecule has 0 saturated carbocycles. The fourth-order valence-electron chi connectivity index (χ4n) is 2.70. The molecule has 1 aliphatic rings. The Morgan fingerprint density at radius 2 is 1.61 bits per heavy atom. The molecule has 31 heavy (non-hydrogen) atoms. The maximum atomic E-state index is 12.4. The molecule has 0 bridgehead atoms. The van der Waals surface area contributed by atoms with E-state index in [0.717, 1.165) is 6.07 Å². The molecule has 3 amide bonds. The largest absolute Gasteiger partial charge is 0.454 e. The number of anilines is 1. The minimum Gasteiger partial charge on any atom is -0.454 e. The van der Waals surface area contributed by atoms with Crippen LogP contribution in [0.15, 0.2) is 30.3 Å². The smallest absolute Gasteiger partial charge is 0.326 e. The van der Waals surface area contributed by atoms with Crippen LogP contribution in [0.25, 0.3) is 0 Å².